The summed E-state index contributed by atoms with van der Waals surface area (Å²) >= 11 is 6.06. The molecule has 2 fully saturated rings. The zero-order chi connectivity index (χ0) is 30.7. The van der Waals surface area contributed by atoms with Crippen LogP contribution in [0.25, 0.3) is 0 Å². The lowest BCUT2D eigenvalue weighted by Crippen LogP contribution is -2.49. The Bertz CT molecular complexity index is 1300. The third kappa shape index (κ3) is 7.75. The zero-order valence-electron chi connectivity index (χ0n) is 22.5. The quantitative estimate of drug-likeness (QED) is 0.411. The number of benzene rings is 2. The molecule has 3 heterocycles. The normalized spacial score (nSPS) is 18.6. The highest BCUT2D eigenvalue weighted by Crippen LogP contribution is 2.41. The molecule has 3 aliphatic rings. The van der Waals surface area contributed by atoms with Crippen molar-refractivity contribution in [2.24, 2.45) is 0 Å². The number of aliphatic carboxylic acids is 1. The minimum atomic E-state index is -5.08. The van der Waals surface area contributed by atoms with Crippen LogP contribution in [-0.2, 0) is 11.2 Å². The van der Waals surface area contributed by atoms with Crippen molar-refractivity contribution in [1.29, 1.82) is 0 Å². The average Bonchev–Trinajstić information content (AvgIpc) is 3.58. The number of hydrogen-bond acceptors (Lipinski definition) is 7. The molecule has 3 N–H and O–H groups in total. The smallest absolute Gasteiger partial charge is 0.490 e. The van der Waals surface area contributed by atoms with Gasteiger partial charge in [0.15, 0.2) is 0 Å². The Morgan fingerprint density at radius 1 is 1.10 bits per heavy atom. The van der Waals surface area contributed by atoms with Crippen molar-refractivity contribution < 1.29 is 51.9 Å². The number of carboxylic acid groups (broad SMARTS) is 1. The Kier molecular flexibility index (Phi) is 9.74. The molecule has 0 radical (unpaired) electrons. The molecule has 0 aromatic heterocycles. The number of carbonyl (C=O) groups is 2. The summed E-state index contributed by atoms with van der Waals surface area (Å²) in [5.41, 5.74) is 0.897. The van der Waals surface area contributed by atoms with Crippen molar-refractivity contribution in [3.05, 3.63) is 52.3 Å². The molecule has 2 aromatic rings. The third-order valence-electron chi connectivity index (χ3n) is 7.44. The number of likely N-dealkylation sites (tertiary alicyclic amines) is 2. The maximum absolute atomic E-state index is 13.6. The minimum Gasteiger partial charge on any atom is -0.506 e. The van der Waals surface area contributed by atoms with E-state index >= 15 is 0 Å². The van der Waals surface area contributed by atoms with E-state index in [0.29, 0.717) is 26.1 Å². The van der Waals surface area contributed by atoms with Crippen LogP contribution in [0.5, 0.6) is 17.2 Å². The van der Waals surface area contributed by atoms with Gasteiger partial charge in [-0.2, -0.15) is 13.2 Å². The van der Waals surface area contributed by atoms with E-state index in [1.807, 2.05) is 0 Å². The second-order valence-electron chi connectivity index (χ2n) is 10.6. The van der Waals surface area contributed by atoms with Crippen molar-refractivity contribution in [3.8, 4) is 17.2 Å². The number of rotatable bonds is 6. The van der Waals surface area contributed by atoms with Crippen molar-refractivity contribution in [3.63, 3.8) is 0 Å². The summed E-state index contributed by atoms with van der Waals surface area (Å²) in [6, 6.07) is 7.43. The summed E-state index contributed by atoms with van der Waals surface area (Å²) < 4.78 is 57.3. The first kappa shape index (κ1) is 31.6. The lowest BCUT2D eigenvalue weighted by atomic mass is 9.87. The van der Waals surface area contributed by atoms with Crippen LogP contribution in [-0.4, -0.2) is 94.2 Å². The number of hydrogen-bond donors (Lipinski definition) is 3. The van der Waals surface area contributed by atoms with Gasteiger partial charge < -0.3 is 34.6 Å². The highest BCUT2D eigenvalue weighted by Gasteiger charge is 2.42. The van der Waals surface area contributed by atoms with Gasteiger partial charge in [0.2, 0.25) is 0 Å². The van der Waals surface area contributed by atoms with Gasteiger partial charge in [-0.05, 0) is 37.1 Å². The second-order valence-corrected chi connectivity index (χ2v) is 11.0. The number of piperidine rings is 1. The number of phenols is 1. The molecule has 42 heavy (non-hydrogen) atoms. The Morgan fingerprint density at radius 2 is 1.74 bits per heavy atom. The molecule has 9 nitrogen and oxygen atoms in total. The summed E-state index contributed by atoms with van der Waals surface area (Å²) in [7, 11) is 0. The Morgan fingerprint density at radius 3 is 2.36 bits per heavy atom. The summed E-state index contributed by atoms with van der Waals surface area (Å²) in [5, 5.41) is 27.9. The van der Waals surface area contributed by atoms with E-state index < -0.39 is 18.2 Å². The number of alkyl halides is 3. The van der Waals surface area contributed by atoms with Gasteiger partial charge in [0, 0.05) is 63.6 Å². The van der Waals surface area contributed by atoms with Gasteiger partial charge in [0.05, 0.1) is 10.6 Å². The largest absolute Gasteiger partial charge is 0.506 e. The third-order valence-corrected chi connectivity index (χ3v) is 7.75. The number of carboxylic acids is 1. The minimum absolute atomic E-state index is 0.0236. The molecule has 1 atom stereocenters. The summed E-state index contributed by atoms with van der Waals surface area (Å²) in [6.45, 7) is 3.23. The predicted octanol–water partition coefficient (Wildman–Crippen LogP) is 4.26. The molecule has 1 spiro atoms. The summed E-state index contributed by atoms with van der Waals surface area (Å²) in [5.74, 6) is -2.39. The Labute approximate surface area is 244 Å². The maximum atomic E-state index is 13.6. The number of β-amino-alcohol motifs (C(OH)–C–C–N with tert-alkyl or cyclic N) is 1. The first-order valence-corrected chi connectivity index (χ1v) is 13.8. The van der Waals surface area contributed by atoms with Crippen LogP contribution in [0.15, 0.2) is 30.3 Å². The number of fused-ring (bicyclic) bond motifs is 1. The van der Waals surface area contributed by atoms with Crippen LogP contribution in [0, 0.1) is 5.82 Å². The molecule has 0 aliphatic carbocycles. The molecule has 3 aliphatic heterocycles. The van der Waals surface area contributed by atoms with E-state index in [1.165, 1.54) is 18.2 Å². The number of amides is 1. The van der Waals surface area contributed by atoms with Crippen LogP contribution in [0.3, 0.4) is 0 Å². The van der Waals surface area contributed by atoms with E-state index in [2.05, 4.69) is 4.90 Å². The van der Waals surface area contributed by atoms with Gasteiger partial charge in [-0.25, -0.2) is 9.18 Å². The molecule has 0 unspecified atom stereocenters. The molecular formula is C28H31ClF4N2O7. The fraction of sp³-hybridized carbons (Fsp3) is 0.500. The van der Waals surface area contributed by atoms with E-state index in [9.17, 15) is 32.6 Å². The second kappa shape index (κ2) is 12.9. The highest BCUT2D eigenvalue weighted by molar-refractivity contribution is 6.32. The molecule has 2 aromatic carbocycles. The molecule has 2 saturated heterocycles. The fourth-order valence-corrected chi connectivity index (χ4v) is 5.44. The van der Waals surface area contributed by atoms with Crippen molar-refractivity contribution in [1.82, 2.24) is 9.80 Å². The van der Waals surface area contributed by atoms with Gasteiger partial charge in [-0.15, -0.1) is 0 Å². The van der Waals surface area contributed by atoms with Crippen LogP contribution < -0.4 is 9.47 Å². The Balaban J connectivity index is 0.000000517. The number of carbonyl (C=O) groups excluding carboxylic acids is 1. The standard InChI is InChI=1S/C26H30ClFN2O5.C2HF3O2/c27-21-12-20(25(33)30-7-1-2-8-30)24(13-22(21)32)34-16-19(31)15-29-9-5-26(6-10-29)14-17-11-18(28)3-4-23(17)35-26;3-2(4,5)1(6)7/h3-4,11-13,19,31-32H,1-2,5-10,14-16H2;(H,6,7)/t19-;/m0./s1. The van der Waals surface area contributed by atoms with E-state index in [-0.39, 0.29) is 46.0 Å². The number of aliphatic hydroxyl groups is 1. The fourth-order valence-electron chi connectivity index (χ4n) is 5.28. The maximum Gasteiger partial charge on any atom is 0.490 e. The van der Waals surface area contributed by atoms with Gasteiger partial charge in [-0.1, -0.05) is 11.6 Å². The van der Waals surface area contributed by atoms with E-state index in [4.69, 9.17) is 31.0 Å². The first-order chi connectivity index (χ1) is 19.8. The average molecular weight is 619 g/mol. The van der Waals surface area contributed by atoms with Crippen LogP contribution in [0.2, 0.25) is 5.02 Å². The van der Waals surface area contributed by atoms with Gasteiger partial charge in [0.25, 0.3) is 5.91 Å². The predicted molar refractivity (Wildman–Crippen MR) is 143 cm³/mol. The number of halogens is 5. The van der Waals surface area contributed by atoms with Gasteiger partial charge in [-0.3, -0.25) is 4.79 Å². The molecule has 5 rings (SSSR count). The van der Waals surface area contributed by atoms with Crippen LogP contribution in [0.1, 0.15) is 41.6 Å². The van der Waals surface area contributed by atoms with E-state index in [0.717, 1.165) is 50.1 Å². The van der Waals surface area contributed by atoms with Gasteiger partial charge >= 0.3 is 12.1 Å². The lowest BCUT2D eigenvalue weighted by Gasteiger charge is -2.39. The van der Waals surface area contributed by atoms with Crippen molar-refractivity contribution in [2.75, 3.05) is 39.3 Å². The Hall–Kier alpha value is -3.29. The van der Waals surface area contributed by atoms with Crippen LogP contribution >= 0.6 is 11.6 Å². The number of aliphatic hydroxyl groups excluding tert-OH is 1. The number of ether oxygens (including phenoxy) is 2. The first-order valence-electron chi connectivity index (χ1n) is 13.4. The molecule has 0 bridgehead atoms. The zero-order valence-corrected chi connectivity index (χ0v) is 23.3. The number of aromatic hydroxyl groups is 1. The van der Waals surface area contributed by atoms with Crippen molar-refractivity contribution >= 4 is 23.5 Å². The summed E-state index contributed by atoms with van der Waals surface area (Å²) in [4.78, 5) is 25.7. The van der Waals surface area contributed by atoms with Gasteiger partial charge in [0.1, 0.15) is 41.4 Å². The number of phenolic OH excluding ortho intramolecular Hbond substituents is 1. The van der Waals surface area contributed by atoms with Crippen molar-refractivity contribution in [2.45, 2.75) is 50.0 Å². The topological polar surface area (TPSA) is 120 Å². The molecule has 14 heteroatoms. The van der Waals surface area contributed by atoms with E-state index in [1.54, 1.807) is 17.0 Å². The molecule has 0 saturated carbocycles. The SMILES string of the molecule is O=C(O)C(F)(F)F.O=C(c1cc(Cl)c(O)cc1OC[C@@H](O)CN1CCC2(CC1)Cc1cc(F)ccc1O2)N1CCCC1. The molecular weight excluding hydrogens is 588 g/mol. The molecule has 230 valence electrons. The molecule has 1 amide bonds. The number of nitrogens with zero attached hydrogens (tertiary/aromatic N) is 2. The monoisotopic (exact) mass is 618 g/mol. The highest BCUT2D eigenvalue weighted by atomic mass is 35.5. The van der Waals surface area contributed by atoms with Crippen LogP contribution in [0.4, 0.5) is 17.6 Å². The lowest BCUT2D eigenvalue weighted by molar-refractivity contribution is -0.192. The summed E-state index contributed by atoms with van der Waals surface area (Å²) in [6.07, 6.45) is -1.68.